The lowest BCUT2D eigenvalue weighted by molar-refractivity contribution is -0.137. The van der Waals surface area contributed by atoms with Crippen LogP contribution in [0.4, 0.5) is 13.2 Å². The van der Waals surface area contributed by atoms with Gasteiger partial charge in [-0.25, -0.2) is 0 Å². The van der Waals surface area contributed by atoms with Crippen LogP contribution in [0.25, 0.3) is 0 Å². The molecule has 22 heavy (non-hydrogen) atoms. The van der Waals surface area contributed by atoms with Gasteiger partial charge in [-0.15, -0.1) is 0 Å². The van der Waals surface area contributed by atoms with Gasteiger partial charge in [0.15, 0.2) is 0 Å². The average Bonchev–Trinajstić information content (AvgIpc) is 2.44. The molecule has 118 valence electrons. The minimum Gasteiger partial charge on any atom is -0.457 e. The minimum atomic E-state index is -4.41. The number of hydrogen-bond acceptors (Lipinski definition) is 2. The van der Waals surface area contributed by atoms with E-state index in [1.54, 1.807) is 12.1 Å². The van der Waals surface area contributed by atoms with Crippen LogP contribution in [-0.4, -0.2) is 6.54 Å². The Balaban J connectivity index is 2.35. The molecule has 2 N–H and O–H groups in total. The van der Waals surface area contributed by atoms with Crippen LogP contribution in [-0.2, 0) is 12.6 Å². The van der Waals surface area contributed by atoms with Crippen molar-refractivity contribution >= 4 is 23.2 Å². The van der Waals surface area contributed by atoms with Gasteiger partial charge in [-0.1, -0.05) is 23.2 Å². The van der Waals surface area contributed by atoms with E-state index >= 15 is 0 Å². The van der Waals surface area contributed by atoms with Crippen molar-refractivity contribution in [2.75, 3.05) is 6.54 Å². The molecule has 0 atom stereocenters. The molecule has 0 aliphatic carbocycles. The van der Waals surface area contributed by atoms with Crippen molar-refractivity contribution in [3.8, 4) is 11.5 Å². The quantitative estimate of drug-likeness (QED) is 0.812. The highest BCUT2D eigenvalue weighted by Gasteiger charge is 2.31. The monoisotopic (exact) mass is 349 g/mol. The third kappa shape index (κ3) is 4.06. The van der Waals surface area contributed by atoms with Gasteiger partial charge in [0, 0.05) is 6.07 Å². The highest BCUT2D eigenvalue weighted by Crippen LogP contribution is 2.35. The molecule has 0 radical (unpaired) electrons. The van der Waals surface area contributed by atoms with Crippen LogP contribution in [0.1, 0.15) is 11.1 Å². The fourth-order valence-electron chi connectivity index (χ4n) is 1.87. The zero-order chi connectivity index (χ0) is 16.3. The SMILES string of the molecule is NCCc1cc(C(F)(F)F)ccc1Oc1ccc(Cl)c(Cl)c1. The molecule has 2 nitrogen and oxygen atoms in total. The topological polar surface area (TPSA) is 35.2 Å². The summed E-state index contributed by atoms with van der Waals surface area (Å²) in [5.74, 6) is 0.685. The molecule has 2 aromatic carbocycles. The summed E-state index contributed by atoms with van der Waals surface area (Å²) < 4.78 is 43.9. The van der Waals surface area contributed by atoms with Crippen molar-refractivity contribution in [2.24, 2.45) is 5.73 Å². The van der Waals surface area contributed by atoms with E-state index in [0.717, 1.165) is 12.1 Å². The van der Waals surface area contributed by atoms with Crippen LogP contribution >= 0.6 is 23.2 Å². The second-order valence-electron chi connectivity index (χ2n) is 4.54. The highest BCUT2D eigenvalue weighted by molar-refractivity contribution is 6.42. The van der Waals surface area contributed by atoms with Gasteiger partial charge in [-0.3, -0.25) is 0 Å². The maximum Gasteiger partial charge on any atom is 0.416 e. The normalized spacial score (nSPS) is 11.5. The Hall–Kier alpha value is -1.43. The largest absolute Gasteiger partial charge is 0.457 e. The summed E-state index contributed by atoms with van der Waals surface area (Å²) in [7, 11) is 0. The standard InChI is InChI=1S/C15H12Cl2F3NO/c16-12-3-2-11(8-13(12)17)22-14-4-1-10(15(18,19)20)7-9(14)5-6-21/h1-4,7-8H,5-6,21H2. The first-order valence-electron chi connectivity index (χ1n) is 6.34. The van der Waals surface area contributed by atoms with Crippen molar-refractivity contribution in [1.29, 1.82) is 0 Å². The molecule has 2 aromatic rings. The third-order valence-corrected chi connectivity index (χ3v) is 3.66. The van der Waals surface area contributed by atoms with Crippen molar-refractivity contribution in [1.82, 2.24) is 0 Å². The Morgan fingerprint density at radius 1 is 1.00 bits per heavy atom. The van der Waals surface area contributed by atoms with Crippen molar-refractivity contribution in [3.05, 3.63) is 57.6 Å². The number of alkyl halides is 3. The summed E-state index contributed by atoms with van der Waals surface area (Å²) >= 11 is 11.7. The molecule has 0 saturated heterocycles. The van der Waals surface area contributed by atoms with Crippen LogP contribution in [0.15, 0.2) is 36.4 Å². The van der Waals surface area contributed by atoms with Gasteiger partial charge in [0.25, 0.3) is 0 Å². The molecular formula is C15H12Cl2F3NO. The van der Waals surface area contributed by atoms with E-state index in [1.165, 1.54) is 12.1 Å². The molecule has 7 heteroatoms. The molecule has 0 aliphatic heterocycles. The summed E-state index contributed by atoms with van der Waals surface area (Å²) in [5, 5.41) is 0.662. The van der Waals surface area contributed by atoms with E-state index in [0.29, 0.717) is 27.1 Å². The van der Waals surface area contributed by atoms with Crippen molar-refractivity contribution < 1.29 is 17.9 Å². The fraction of sp³-hybridized carbons (Fsp3) is 0.200. The summed E-state index contributed by atoms with van der Waals surface area (Å²) in [5.41, 5.74) is 5.09. The zero-order valence-electron chi connectivity index (χ0n) is 11.3. The van der Waals surface area contributed by atoms with Crippen molar-refractivity contribution in [2.45, 2.75) is 12.6 Å². The third-order valence-electron chi connectivity index (χ3n) is 2.92. The highest BCUT2D eigenvalue weighted by atomic mass is 35.5. The molecule has 2 rings (SSSR count). The molecule has 0 spiro atoms. The van der Waals surface area contributed by atoms with Gasteiger partial charge in [0.1, 0.15) is 11.5 Å². The molecule has 0 saturated carbocycles. The first-order valence-corrected chi connectivity index (χ1v) is 7.10. The van der Waals surface area contributed by atoms with E-state index in [-0.39, 0.29) is 13.0 Å². The van der Waals surface area contributed by atoms with E-state index in [4.69, 9.17) is 33.7 Å². The van der Waals surface area contributed by atoms with Gasteiger partial charge in [-0.2, -0.15) is 13.2 Å². The Bertz CT molecular complexity index is 674. The van der Waals surface area contributed by atoms with E-state index in [2.05, 4.69) is 0 Å². The van der Waals surface area contributed by atoms with Gasteiger partial charge < -0.3 is 10.5 Å². The average molecular weight is 350 g/mol. The van der Waals surface area contributed by atoms with Crippen LogP contribution in [0.2, 0.25) is 10.0 Å². The second-order valence-corrected chi connectivity index (χ2v) is 5.35. The van der Waals surface area contributed by atoms with E-state index in [1.807, 2.05) is 0 Å². The maximum atomic E-state index is 12.8. The second kappa shape index (κ2) is 6.77. The van der Waals surface area contributed by atoms with E-state index < -0.39 is 11.7 Å². The van der Waals surface area contributed by atoms with Crippen molar-refractivity contribution in [3.63, 3.8) is 0 Å². The lowest BCUT2D eigenvalue weighted by Gasteiger charge is -2.14. The lowest BCUT2D eigenvalue weighted by Crippen LogP contribution is -2.09. The van der Waals surface area contributed by atoms with Gasteiger partial charge >= 0.3 is 6.18 Å². The van der Waals surface area contributed by atoms with Gasteiger partial charge in [-0.05, 0) is 48.9 Å². The fourth-order valence-corrected chi connectivity index (χ4v) is 2.16. The minimum absolute atomic E-state index is 0.207. The first kappa shape index (κ1) is 16.9. The van der Waals surface area contributed by atoms with Crippen LogP contribution < -0.4 is 10.5 Å². The Morgan fingerprint density at radius 2 is 1.73 bits per heavy atom. The zero-order valence-corrected chi connectivity index (χ0v) is 12.8. The summed E-state index contributed by atoms with van der Waals surface area (Å²) in [4.78, 5) is 0. The number of rotatable bonds is 4. The summed E-state index contributed by atoms with van der Waals surface area (Å²) in [6.07, 6.45) is -4.15. The van der Waals surface area contributed by atoms with Crippen LogP contribution in [0, 0.1) is 0 Å². The number of halogens is 5. The predicted molar refractivity (Wildman–Crippen MR) is 80.7 cm³/mol. The summed E-state index contributed by atoms with van der Waals surface area (Å²) in [6, 6.07) is 7.90. The van der Waals surface area contributed by atoms with Crippen LogP contribution in [0.5, 0.6) is 11.5 Å². The number of benzene rings is 2. The number of nitrogens with two attached hydrogens (primary N) is 1. The van der Waals surface area contributed by atoms with Gasteiger partial charge in [0.2, 0.25) is 0 Å². The molecule has 0 fully saturated rings. The van der Waals surface area contributed by atoms with Crippen LogP contribution in [0.3, 0.4) is 0 Å². The summed E-state index contributed by atoms with van der Waals surface area (Å²) in [6.45, 7) is 0.207. The molecule has 0 amide bonds. The number of hydrogen-bond donors (Lipinski definition) is 1. The van der Waals surface area contributed by atoms with E-state index in [9.17, 15) is 13.2 Å². The molecule has 0 heterocycles. The lowest BCUT2D eigenvalue weighted by atomic mass is 10.1. The first-order chi connectivity index (χ1) is 10.3. The Morgan fingerprint density at radius 3 is 2.32 bits per heavy atom. The van der Waals surface area contributed by atoms with Gasteiger partial charge in [0.05, 0.1) is 15.6 Å². The molecule has 0 bridgehead atoms. The molecule has 0 aliphatic rings. The molecule has 0 aromatic heterocycles. The Kier molecular flexibility index (Phi) is 5.21. The number of ether oxygens (including phenoxy) is 1. The smallest absolute Gasteiger partial charge is 0.416 e. The molecular weight excluding hydrogens is 338 g/mol. The predicted octanol–water partition coefficient (Wildman–Crippen LogP) is 5.31. The molecule has 0 unspecified atom stereocenters. The Labute approximate surface area is 135 Å². The maximum absolute atomic E-state index is 12.8.